The Morgan fingerprint density at radius 1 is 1.19 bits per heavy atom. The first-order valence-electron chi connectivity index (χ1n) is 9.13. The molecule has 0 aromatic heterocycles. The van der Waals surface area contributed by atoms with Gasteiger partial charge in [0.1, 0.15) is 11.9 Å². The number of esters is 1. The van der Waals surface area contributed by atoms with E-state index in [1.165, 1.54) is 24.6 Å². The molecule has 1 aromatic rings. The summed E-state index contributed by atoms with van der Waals surface area (Å²) >= 11 is 0. The Balaban J connectivity index is 1.49. The van der Waals surface area contributed by atoms with E-state index in [0.29, 0.717) is 19.7 Å². The molecule has 0 bridgehead atoms. The summed E-state index contributed by atoms with van der Waals surface area (Å²) in [7, 11) is 0. The third-order valence-corrected chi connectivity index (χ3v) is 4.82. The molecule has 1 saturated carbocycles. The molecule has 1 heterocycles. The predicted molar refractivity (Wildman–Crippen MR) is 93.8 cm³/mol. The van der Waals surface area contributed by atoms with Crippen LogP contribution in [-0.2, 0) is 19.1 Å². The molecule has 2 aliphatic rings. The van der Waals surface area contributed by atoms with Crippen LogP contribution in [0.15, 0.2) is 35.9 Å². The van der Waals surface area contributed by atoms with E-state index in [-0.39, 0.29) is 24.4 Å². The van der Waals surface area contributed by atoms with E-state index in [1.807, 2.05) is 0 Å². The number of hydrogen-bond donors (Lipinski definition) is 0. The van der Waals surface area contributed by atoms with Crippen LogP contribution in [0, 0.1) is 5.82 Å². The first-order valence-corrected chi connectivity index (χ1v) is 9.13. The minimum absolute atomic E-state index is 0.240. The van der Waals surface area contributed by atoms with E-state index in [9.17, 15) is 14.0 Å². The lowest BCUT2D eigenvalue weighted by Crippen LogP contribution is -2.44. The van der Waals surface area contributed by atoms with Gasteiger partial charge in [0, 0.05) is 12.6 Å². The summed E-state index contributed by atoms with van der Waals surface area (Å²) in [6.07, 6.45) is 6.53. The van der Waals surface area contributed by atoms with Crippen LogP contribution in [0.4, 0.5) is 4.39 Å². The number of halogens is 1. The second-order valence-corrected chi connectivity index (χ2v) is 6.72. The van der Waals surface area contributed by atoms with Gasteiger partial charge in [0.05, 0.1) is 13.2 Å². The summed E-state index contributed by atoms with van der Waals surface area (Å²) in [6.45, 7) is 0.947. The SMILES string of the molecule is O=C(C=C1CCCCC1)OCC(=O)N1CCO[C@H](c2ccc(F)cc2)C1. The first-order chi connectivity index (χ1) is 12.6. The van der Waals surface area contributed by atoms with Gasteiger partial charge in [-0.3, -0.25) is 4.79 Å². The Morgan fingerprint density at radius 3 is 2.65 bits per heavy atom. The molecule has 2 fully saturated rings. The topological polar surface area (TPSA) is 55.8 Å². The number of carbonyl (C=O) groups excluding carboxylic acids is 2. The molecular formula is C20H24FNO4. The van der Waals surface area contributed by atoms with Crippen molar-refractivity contribution in [3.05, 3.63) is 47.3 Å². The van der Waals surface area contributed by atoms with Crippen molar-refractivity contribution in [2.75, 3.05) is 26.3 Å². The highest BCUT2D eigenvalue weighted by Crippen LogP contribution is 2.23. The molecule has 0 spiro atoms. The Hall–Kier alpha value is -2.21. The van der Waals surface area contributed by atoms with Crippen molar-refractivity contribution < 1.29 is 23.5 Å². The molecule has 6 heteroatoms. The molecule has 1 aliphatic heterocycles. The minimum Gasteiger partial charge on any atom is -0.452 e. The molecule has 26 heavy (non-hydrogen) atoms. The van der Waals surface area contributed by atoms with E-state index >= 15 is 0 Å². The van der Waals surface area contributed by atoms with Crippen molar-refractivity contribution in [2.24, 2.45) is 0 Å². The van der Waals surface area contributed by atoms with Crippen LogP contribution in [0.3, 0.4) is 0 Å². The van der Waals surface area contributed by atoms with E-state index in [4.69, 9.17) is 9.47 Å². The fraction of sp³-hybridized carbons (Fsp3) is 0.500. The Kier molecular flexibility index (Phi) is 6.39. The summed E-state index contributed by atoms with van der Waals surface area (Å²) in [5.41, 5.74) is 1.93. The lowest BCUT2D eigenvalue weighted by Gasteiger charge is -2.33. The molecule has 5 nitrogen and oxygen atoms in total. The third kappa shape index (κ3) is 5.14. The number of amides is 1. The second kappa shape index (κ2) is 8.94. The summed E-state index contributed by atoms with van der Waals surface area (Å²) in [6, 6.07) is 6.06. The maximum absolute atomic E-state index is 13.0. The molecular weight excluding hydrogens is 337 g/mol. The fourth-order valence-electron chi connectivity index (χ4n) is 3.34. The van der Waals surface area contributed by atoms with Gasteiger partial charge in [0.15, 0.2) is 6.61 Å². The van der Waals surface area contributed by atoms with Crippen molar-refractivity contribution in [3.63, 3.8) is 0 Å². The quantitative estimate of drug-likeness (QED) is 0.611. The summed E-state index contributed by atoms with van der Waals surface area (Å²) in [4.78, 5) is 25.8. The van der Waals surface area contributed by atoms with Gasteiger partial charge in [0.2, 0.25) is 0 Å². The number of rotatable bonds is 4. The fourth-order valence-corrected chi connectivity index (χ4v) is 3.34. The summed E-state index contributed by atoms with van der Waals surface area (Å²) in [5.74, 6) is -0.995. The van der Waals surface area contributed by atoms with Crippen LogP contribution in [-0.4, -0.2) is 43.1 Å². The average molecular weight is 361 g/mol. The molecule has 1 aromatic carbocycles. The van der Waals surface area contributed by atoms with E-state index in [1.54, 1.807) is 17.0 Å². The van der Waals surface area contributed by atoms with Crippen LogP contribution in [0.5, 0.6) is 0 Å². The van der Waals surface area contributed by atoms with Gasteiger partial charge in [-0.25, -0.2) is 9.18 Å². The van der Waals surface area contributed by atoms with Gasteiger partial charge < -0.3 is 14.4 Å². The van der Waals surface area contributed by atoms with Gasteiger partial charge >= 0.3 is 5.97 Å². The molecule has 1 saturated heterocycles. The van der Waals surface area contributed by atoms with Crippen LogP contribution < -0.4 is 0 Å². The number of hydrogen-bond acceptors (Lipinski definition) is 4. The van der Waals surface area contributed by atoms with Gasteiger partial charge in [-0.05, 0) is 43.4 Å². The van der Waals surface area contributed by atoms with E-state index in [2.05, 4.69) is 0 Å². The number of nitrogens with zero attached hydrogens (tertiary/aromatic N) is 1. The smallest absolute Gasteiger partial charge is 0.331 e. The summed E-state index contributed by atoms with van der Waals surface area (Å²) < 4.78 is 23.8. The molecule has 3 rings (SSSR count). The lowest BCUT2D eigenvalue weighted by atomic mass is 9.95. The van der Waals surface area contributed by atoms with E-state index in [0.717, 1.165) is 36.8 Å². The van der Waals surface area contributed by atoms with Crippen molar-refractivity contribution in [1.82, 2.24) is 4.90 Å². The number of morpholine rings is 1. The van der Waals surface area contributed by atoms with E-state index < -0.39 is 5.97 Å². The predicted octanol–water partition coefficient (Wildman–Crippen LogP) is 3.16. The van der Waals surface area contributed by atoms with Crippen molar-refractivity contribution >= 4 is 11.9 Å². The molecule has 0 unspecified atom stereocenters. The van der Waals surface area contributed by atoms with Crippen LogP contribution >= 0.6 is 0 Å². The minimum atomic E-state index is -0.446. The zero-order valence-corrected chi connectivity index (χ0v) is 14.8. The number of carbonyl (C=O) groups is 2. The Morgan fingerprint density at radius 2 is 1.92 bits per heavy atom. The first kappa shape index (κ1) is 18.6. The highest BCUT2D eigenvalue weighted by Gasteiger charge is 2.26. The zero-order valence-electron chi connectivity index (χ0n) is 14.8. The molecule has 0 radical (unpaired) electrons. The average Bonchev–Trinajstić information content (AvgIpc) is 2.67. The van der Waals surface area contributed by atoms with Gasteiger partial charge in [-0.1, -0.05) is 24.1 Å². The molecule has 0 N–H and O–H groups in total. The highest BCUT2D eigenvalue weighted by molar-refractivity contribution is 5.86. The zero-order chi connectivity index (χ0) is 18.4. The molecule has 1 aliphatic carbocycles. The number of benzene rings is 1. The van der Waals surface area contributed by atoms with Crippen molar-refractivity contribution in [1.29, 1.82) is 0 Å². The third-order valence-electron chi connectivity index (χ3n) is 4.82. The van der Waals surface area contributed by atoms with Gasteiger partial charge in [-0.15, -0.1) is 0 Å². The second-order valence-electron chi connectivity index (χ2n) is 6.72. The monoisotopic (exact) mass is 361 g/mol. The largest absolute Gasteiger partial charge is 0.452 e. The standard InChI is InChI=1S/C20H24FNO4/c21-17-8-6-16(7-9-17)18-13-22(10-11-25-18)19(23)14-26-20(24)12-15-4-2-1-3-5-15/h6-9,12,18H,1-5,10-11,13-14H2/t18-/m0/s1. The maximum Gasteiger partial charge on any atom is 0.331 e. The molecule has 1 atom stereocenters. The normalized spacial score (nSPS) is 20.6. The number of allylic oxidation sites excluding steroid dienone is 1. The van der Waals surface area contributed by atoms with Crippen LogP contribution in [0.1, 0.15) is 43.8 Å². The lowest BCUT2D eigenvalue weighted by molar-refractivity contribution is -0.152. The van der Waals surface area contributed by atoms with Crippen LogP contribution in [0.25, 0.3) is 0 Å². The van der Waals surface area contributed by atoms with Crippen LogP contribution in [0.2, 0.25) is 0 Å². The maximum atomic E-state index is 13.0. The number of ether oxygens (including phenoxy) is 2. The Bertz CT molecular complexity index is 663. The Labute approximate surface area is 152 Å². The molecule has 1 amide bonds. The molecule has 140 valence electrons. The van der Waals surface area contributed by atoms with Crippen molar-refractivity contribution in [3.8, 4) is 0 Å². The highest BCUT2D eigenvalue weighted by atomic mass is 19.1. The van der Waals surface area contributed by atoms with Crippen molar-refractivity contribution in [2.45, 2.75) is 38.2 Å². The van der Waals surface area contributed by atoms with Gasteiger partial charge in [0.25, 0.3) is 5.91 Å². The van der Waals surface area contributed by atoms with Gasteiger partial charge in [-0.2, -0.15) is 0 Å². The summed E-state index contributed by atoms with van der Waals surface area (Å²) in [5, 5.41) is 0.